The van der Waals surface area contributed by atoms with Crippen molar-refractivity contribution in [3.8, 4) is 0 Å². The van der Waals surface area contributed by atoms with Crippen LogP contribution in [0.15, 0.2) is 46.0 Å². The molecule has 2 rings (SSSR count). The highest BCUT2D eigenvalue weighted by Gasteiger charge is 2.17. The van der Waals surface area contributed by atoms with Gasteiger partial charge in [0.05, 0.1) is 11.7 Å². The third-order valence-corrected chi connectivity index (χ3v) is 6.01. The van der Waals surface area contributed by atoms with Gasteiger partial charge in [0.2, 0.25) is 5.91 Å². The summed E-state index contributed by atoms with van der Waals surface area (Å²) in [5, 5.41) is 14.8. The normalized spacial score (nSPS) is 11.1. The van der Waals surface area contributed by atoms with Crippen LogP contribution < -0.4 is 10.4 Å². The number of carboxylic acid groups (broad SMARTS) is 1. The molecule has 0 unspecified atom stereocenters. The van der Waals surface area contributed by atoms with E-state index in [9.17, 15) is 23.1 Å². The summed E-state index contributed by atoms with van der Waals surface area (Å²) in [4.78, 5) is 22.3. The van der Waals surface area contributed by atoms with Crippen LogP contribution in [0.2, 0.25) is 0 Å². The molecule has 116 valence electrons. The summed E-state index contributed by atoms with van der Waals surface area (Å²) in [5.74, 6) is -2.04. The van der Waals surface area contributed by atoms with Crippen molar-refractivity contribution in [3.63, 3.8) is 0 Å². The highest BCUT2D eigenvalue weighted by atomic mass is 32.2. The molecule has 0 spiro atoms. The van der Waals surface area contributed by atoms with Gasteiger partial charge in [0.25, 0.3) is 0 Å². The maximum Gasteiger partial charge on any atom is 0.225 e. The molecule has 0 aliphatic rings. The Balaban J connectivity index is 1.92. The van der Waals surface area contributed by atoms with Crippen LogP contribution >= 0.6 is 11.3 Å². The van der Waals surface area contributed by atoms with Crippen LogP contribution in [0, 0.1) is 0 Å². The number of benzene rings is 1. The smallest absolute Gasteiger partial charge is 0.225 e. The van der Waals surface area contributed by atoms with Crippen LogP contribution in [-0.4, -0.2) is 26.0 Å². The van der Waals surface area contributed by atoms with Crippen molar-refractivity contribution in [1.29, 1.82) is 0 Å². The molecule has 0 saturated heterocycles. The van der Waals surface area contributed by atoms with Crippen LogP contribution in [0.25, 0.3) is 0 Å². The summed E-state index contributed by atoms with van der Waals surface area (Å²) >= 11 is 1.11. The number of sulfone groups is 1. The molecule has 6 nitrogen and oxygen atoms in total. The fourth-order valence-corrected chi connectivity index (χ4v) is 4.07. The lowest BCUT2D eigenvalue weighted by atomic mass is 10.2. The van der Waals surface area contributed by atoms with Crippen LogP contribution in [0.1, 0.15) is 16.8 Å². The Morgan fingerprint density at radius 2 is 1.82 bits per heavy atom. The molecule has 0 fully saturated rings. The molecule has 1 amide bonds. The van der Waals surface area contributed by atoms with Gasteiger partial charge in [-0.1, -0.05) is 18.2 Å². The number of nitrogens with one attached hydrogen (secondary N) is 1. The standard InChI is InChI=1S/C14H13NO5S2/c16-12(7-9-22(19,20)13-2-1-8-21-13)15-11-5-3-10(4-6-11)14(17)18/h1-6,8H,7,9H2,(H,15,16)(H,17,18)/p-1. The largest absolute Gasteiger partial charge is 0.545 e. The maximum absolute atomic E-state index is 11.9. The second-order valence-corrected chi connectivity index (χ2v) is 7.70. The van der Waals surface area contributed by atoms with E-state index in [1.807, 2.05) is 0 Å². The van der Waals surface area contributed by atoms with Crippen molar-refractivity contribution in [2.75, 3.05) is 11.1 Å². The summed E-state index contributed by atoms with van der Waals surface area (Å²) < 4.78 is 24.1. The van der Waals surface area contributed by atoms with Crippen molar-refractivity contribution >= 4 is 38.7 Å². The Morgan fingerprint density at radius 3 is 2.36 bits per heavy atom. The molecule has 1 heterocycles. The number of carbonyl (C=O) groups excluding carboxylic acids is 2. The zero-order valence-electron chi connectivity index (χ0n) is 11.3. The van der Waals surface area contributed by atoms with Gasteiger partial charge in [-0.05, 0) is 29.1 Å². The van der Waals surface area contributed by atoms with E-state index in [1.54, 1.807) is 11.4 Å². The molecule has 1 aromatic carbocycles. The van der Waals surface area contributed by atoms with Crippen LogP contribution in [-0.2, 0) is 14.6 Å². The first kappa shape index (κ1) is 16.2. The number of rotatable bonds is 6. The van der Waals surface area contributed by atoms with E-state index in [4.69, 9.17) is 0 Å². The van der Waals surface area contributed by atoms with E-state index in [0.717, 1.165) is 11.3 Å². The van der Waals surface area contributed by atoms with Crippen LogP contribution in [0.5, 0.6) is 0 Å². The van der Waals surface area contributed by atoms with E-state index >= 15 is 0 Å². The number of carboxylic acids is 1. The molecule has 0 radical (unpaired) electrons. The van der Waals surface area contributed by atoms with E-state index in [-0.39, 0.29) is 21.9 Å². The number of thiophene rings is 1. The van der Waals surface area contributed by atoms with Gasteiger partial charge in [-0.3, -0.25) is 4.79 Å². The van der Waals surface area contributed by atoms with Gasteiger partial charge in [-0.2, -0.15) is 0 Å². The average Bonchev–Trinajstić information content (AvgIpc) is 3.01. The van der Waals surface area contributed by atoms with Gasteiger partial charge in [0.1, 0.15) is 4.21 Å². The van der Waals surface area contributed by atoms with Crippen LogP contribution in [0.4, 0.5) is 5.69 Å². The fourth-order valence-electron chi connectivity index (χ4n) is 1.68. The molecule has 8 heteroatoms. The Bertz CT molecular complexity index is 764. The first-order valence-corrected chi connectivity index (χ1v) is 8.79. The van der Waals surface area contributed by atoms with Gasteiger partial charge in [0.15, 0.2) is 9.84 Å². The summed E-state index contributed by atoms with van der Waals surface area (Å²) in [6.07, 6.45) is -0.178. The Morgan fingerprint density at radius 1 is 1.14 bits per heavy atom. The molecule has 1 aromatic heterocycles. The van der Waals surface area contributed by atoms with E-state index in [1.165, 1.54) is 30.3 Å². The molecular weight excluding hydrogens is 326 g/mol. The topological polar surface area (TPSA) is 103 Å². The minimum absolute atomic E-state index is 0.00160. The highest BCUT2D eigenvalue weighted by Crippen LogP contribution is 2.18. The van der Waals surface area contributed by atoms with Gasteiger partial charge < -0.3 is 15.2 Å². The minimum Gasteiger partial charge on any atom is -0.545 e. The SMILES string of the molecule is O=C(CCS(=O)(=O)c1cccs1)Nc1ccc(C(=O)[O-])cc1. The Labute approximate surface area is 131 Å². The predicted octanol–water partition coefficient (Wildman–Crippen LogP) is 0.914. The van der Waals surface area contributed by atoms with Gasteiger partial charge in [0, 0.05) is 12.1 Å². The van der Waals surface area contributed by atoms with E-state index in [0.29, 0.717) is 5.69 Å². The summed E-state index contributed by atoms with van der Waals surface area (Å²) in [6.45, 7) is 0. The minimum atomic E-state index is -3.45. The predicted molar refractivity (Wildman–Crippen MR) is 80.4 cm³/mol. The van der Waals surface area contributed by atoms with Crippen molar-refractivity contribution in [3.05, 3.63) is 47.3 Å². The summed E-state index contributed by atoms with van der Waals surface area (Å²) in [7, 11) is -3.45. The molecule has 22 heavy (non-hydrogen) atoms. The number of hydrogen-bond donors (Lipinski definition) is 1. The second kappa shape index (κ2) is 6.71. The van der Waals surface area contributed by atoms with E-state index in [2.05, 4.69) is 5.32 Å². The highest BCUT2D eigenvalue weighted by molar-refractivity contribution is 7.93. The first-order valence-electron chi connectivity index (χ1n) is 6.26. The quantitative estimate of drug-likeness (QED) is 0.843. The number of carbonyl (C=O) groups is 2. The third-order valence-electron chi connectivity index (χ3n) is 2.80. The third kappa shape index (κ3) is 4.15. The van der Waals surface area contributed by atoms with Crippen molar-refractivity contribution < 1.29 is 23.1 Å². The Kier molecular flexibility index (Phi) is 4.94. The second-order valence-electron chi connectivity index (χ2n) is 4.41. The molecule has 0 bridgehead atoms. The van der Waals surface area contributed by atoms with Crippen LogP contribution in [0.3, 0.4) is 0 Å². The summed E-state index contributed by atoms with van der Waals surface area (Å²) in [6, 6.07) is 8.56. The number of amides is 1. The molecule has 0 saturated carbocycles. The lowest BCUT2D eigenvalue weighted by molar-refractivity contribution is -0.255. The number of hydrogen-bond acceptors (Lipinski definition) is 6. The molecule has 2 aromatic rings. The first-order chi connectivity index (χ1) is 10.4. The van der Waals surface area contributed by atoms with Crippen molar-refractivity contribution in [1.82, 2.24) is 0 Å². The zero-order valence-corrected chi connectivity index (χ0v) is 12.9. The molecular formula is C14H12NO5S2-. The van der Waals surface area contributed by atoms with Crippen molar-refractivity contribution in [2.45, 2.75) is 10.6 Å². The lowest BCUT2D eigenvalue weighted by Crippen LogP contribution is -2.22. The molecule has 0 atom stereocenters. The van der Waals surface area contributed by atoms with Gasteiger partial charge in [-0.25, -0.2) is 8.42 Å². The lowest BCUT2D eigenvalue weighted by Gasteiger charge is -2.07. The average molecular weight is 338 g/mol. The monoisotopic (exact) mass is 338 g/mol. The zero-order chi connectivity index (χ0) is 16.2. The maximum atomic E-state index is 11.9. The molecule has 0 aliphatic carbocycles. The van der Waals surface area contributed by atoms with Gasteiger partial charge >= 0.3 is 0 Å². The fraction of sp³-hybridized carbons (Fsp3) is 0.143. The van der Waals surface area contributed by atoms with Gasteiger partial charge in [-0.15, -0.1) is 11.3 Å². The van der Waals surface area contributed by atoms with Crippen molar-refractivity contribution in [2.24, 2.45) is 0 Å². The summed E-state index contributed by atoms with van der Waals surface area (Å²) in [5.41, 5.74) is 0.391. The molecule has 0 aliphatic heterocycles. The molecule has 1 N–H and O–H groups in total. The Hall–Kier alpha value is -2.19. The number of anilines is 1. The van der Waals surface area contributed by atoms with E-state index < -0.39 is 21.7 Å². The number of aromatic carboxylic acids is 1.